The fourth-order valence-corrected chi connectivity index (χ4v) is 2.60. The van der Waals surface area contributed by atoms with Gasteiger partial charge >= 0.3 is 0 Å². The molecule has 1 heterocycles. The van der Waals surface area contributed by atoms with Gasteiger partial charge in [0.05, 0.1) is 5.02 Å². The van der Waals surface area contributed by atoms with Gasteiger partial charge in [0.25, 0.3) is 5.91 Å². The number of benzene rings is 1. The molecule has 0 aromatic heterocycles. The van der Waals surface area contributed by atoms with E-state index in [0.717, 1.165) is 29.5 Å². The van der Waals surface area contributed by atoms with Gasteiger partial charge in [-0.1, -0.05) is 24.4 Å². The lowest BCUT2D eigenvalue weighted by Crippen LogP contribution is -2.31. The summed E-state index contributed by atoms with van der Waals surface area (Å²) >= 11 is 8.22. The molecule has 1 aromatic carbocycles. The zero-order valence-corrected chi connectivity index (χ0v) is 12.5. The highest BCUT2D eigenvalue weighted by Gasteiger charge is 2.17. The Morgan fingerprint density at radius 1 is 1.18 bits per heavy atom. The van der Waals surface area contributed by atoms with Gasteiger partial charge in [0.1, 0.15) is 0 Å². The molecule has 1 fully saturated rings. The molecule has 1 aliphatic rings. The van der Waals surface area contributed by atoms with Crippen molar-refractivity contribution in [3.8, 4) is 0 Å². The van der Waals surface area contributed by atoms with Crippen molar-refractivity contribution in [2.75, 3.05) is 13.1 Å². The second-order valence-corrected chi connectivity index (χ2v) is 5.90. The Morgan fingerprint density at radius 2 is 1.82 bits per heavy atom. The summed E-state index contributed by atoms with van der Waals surface area (Å²) in [6.45, 7) is 1.75. The third kappa shape index (κ3) is 3.35. The lowest BCUT2D eigenvalue weighted by atomic mass is 10.2. The molecule has 0 saturated carbocycles. The number of hydrogen-bond donors (Lipinski definition) is 0. The van der Waals surface area contributed by atoms with Crippen LogP contribution < -0.4 is 0 Å². The Hall–Kier alpha value is -0.290. The van der Waals surface area contributed by atoms with E-state index in [0.29, 0.717) is 10.6 Å². The van der Waals surface area contributed by atoms with Crippen molar-refractivity contribution in [3.05, 3.63) is 32.4 Å². The highest BCUT2D eigenvalue weighted by molar-refractivity contribution is 14.1. The zero-order chi connectivity index (χ0) is 12.3. The summed E-state index contributed by atoms with van der Waals surface area (Å²) in [6, 6.07) is 5.53. The van der Waals surface area contributed by atoms with Gasteiger partial charge in [-0.3, -0.25) is 4.79 Å². The van der Waals surface area contributed by atoms with E-state index >= 15 is 0 Å². The molecular weight excluding hydrogens is 349 g/mol. The van der Waals surface area contributed by atoms with Gasteiger partial charge in [-0.15, -0.1) is 0 Å². The van der Waals surface area contributed by atoms with Gasteiger partial charge in [-0.05, 0) is 53.6 Å². The van der Waals surface area contributed by atoms with Gasteiger partial charge in [0.2, 0.25) is 0 Å². The molecule has 1 aromatic rings. The van der Waals surface area contributed by atoms with Crippen molar-refractivity contribution in [1.82, 2.24) is 4.90 Å². The quantitative estimate of drug-likeness (QED) is 0.692. The van der Waals surface area contributed by atoms with E-state index in [-0.39, 0.29) is 5.91 Å². The number of amides is 1. The highest BCUT2D eigenvalue weighted by atomic mass is 127. The van der Waals surface area contributed by atoms with Crippen molar-refractivity contribution in [2.45, 2.75) is 25.7 Å². The molecule has 0 atom stereocenters. The average Bonchev–Trinajstić information content (AvgIpc) is 2.60. The smallest absolute Gasteiger partial charge is 0.253 e. The van der Waals surface area contributed by atoms with Crippen molar-refractivity contribution >= 4 is 40.1 Å². The molecule has 1 amide bonds. The number of carbonyl (C=O) groups is 1. The van der Waals surface area contributed by atoms with Gasteiger partial charge in [0.15, 0.2) is 0 Å². The first-order valence-electron chi connectivity index (χ1n) is 5.93. The van der Waals surface area contributed by atoms with Crippen LogP contribution in [0.2, 0.25) is 5.02 Å². The molecule has 0 N–H and O–H groups in total. The Bertz CT molecular complexity index is 414. The van der Waals surface area contributed by atoms with E-state index in [1.807, 2.05) is 17.0 Å². The monoisotopic (exact) mass is 363 g/mol. The third-order valence-corrected chi connectivity index (χ3v) is 4.63. The predicted octanol–water partition coefficient (Wildman–Crippen LogP) is 3.96. The first kappa shape index (κ1) is 13.1. The standard InChI is InChI=1S/C13H15ClINO/c14-11-9-10(5-6-12(11)15)13(17)16-7-3-1-2-4-8-16/h5-6,9H,1-4,7-8H2. The number of halogens is 2. The zero-order valence-electron chi connectivity index (χ0n) is 9.59. The number of rotatable bonds is 1. The lowest BCUT2D eigenvalue weighted by Gasteiger charge is -2.20. The maximum absolute atomic E-state index is 12.3. The molecule has 0 bridgehead atoms. The van der Waals surface area contributed by atoms with E-state index in [2.05, 4.69) is 22.6 Å². The first-order valence-corrected chi connectivity index (χ1v) is 7.38. The Morgan fingerprint density at radius 3 is 2.41 bits per heavy atom. The van der Waals surface area contributed by atoms with Crippen molar-refractivity contribution in [2.24, 2.45) is 0 Å². The van der Waals surface area contributed by atoms with Crippen LogP contribution in [0.3, 0.4) is 0 Å². The Labute approximate surface area is 120 Å². The molecule has 4 heteroatoms. The molecular formula is C13H15ClINO. The first-order chi connectivity index (χ1) is 8.18. The normalized spacial score (nSPS) is 16.7. The largest absolute Gasteiger partial charge is 0.339 e. The average molecular weight is 364 g/mol. The highest BCUT2D eigenvalue weighted by Crippen LogP contribution is 2.21. The maximum Gasteiger partial charge on any atom is 0.253 e. The van der Waals surface area contributed by atoms with Crippen LogP contribution in [-0.2, 0) is 0 Å². The van der Waals surface area contributed by atoms with Crippen LogP contribution in [0.25, 0.3) is 0 Å². The van der Waals surface area contributed by atoms with E-state index in [1.165, 1.54) is 12.8 Å². The van der Waals surface area contributed by atoms with E-state index in [1.54, 1.807) is 6.07 Å². The minimum atomic E-state index is 0.116. The summed E-state index contributed by atoms with van der Waals surface area (Å²) in [5.74, 6) is 0.116. The molecule has 0 radical (unpaired) electrons. The van der Waals surface area contributed by atoms with Gasteiger partial charge in [0, 0.05) is 22.2 Å². The molecule has 17 heavy (non-hydrogen) atoms. The summed E-state index contributed by atoms with van der Waals surface area (Å²) in [7, 11) is 0. The number of carbonyl (C=O) groups excluding carboxylic acids is 1. The van der Waals surface area contributed by atoms with Crippen LogP contribution in [-0.4, -0.2) is 23.9 Å². The maximum atomic E-state index is 12.3. The molecule has 92 valence electrons. The van der Waals surface area contributed by atoms with E-state index < -0.39 is 0 Å². The summed E-state index contributed by atoms with van der Waals surface area (Å²) in [5.41, 5.74) is 0.706. The van der Waals surface area contributed by atoms with Crippen molar-refractivity contribution in [1.29, 1.82) is 0 Å². The second kappa shape index (κ2) is 6.05. The molecule has 2 nitrogen and oxygen atoms in total. The van der Waals surface area contributed by atoms with Crippen LogP contribution in [0.15, 0.2) is 18.2 Å². The molecule has 0 unspecified atom stereocenters. The fraction of sp³-hybridized carbons (Fsp3) is 0.462. The number of hydrogen-bond acceptors (Lipinski definition) is 1. The summed E-state index contributed by atoms with van der Waals surface area (Å²) < 4.78 is 0.983. The van der Waals surface area contributed by atoms with Crippen LogP contribution in [0.4, 0.5) is 0 Å². The molecule has 1 saturated heterocycles. The van der Waals surface area contributed by atoms with Crippen LogP contribution in [0.5, 0.6) is 0 Å². The Balaban J connectivity index is 2.14. The fourth-order valence-electron chi connectivity index (χ4n) is 2.09. The molecule has 0 spiro atoms. The van der Waals surface area contributed by atoms with E-state index in [4.69, 9.17) is 11.6 Å². The van der Waals surface area contributed by atoms with Gasteiger partial charge in [-0.25, -0.2) is 0 Å². The molecule has 0 aliphatic carbocycles. The van der Waals surface area contributed by atoms with Crippen LogP contribution in [0.1, 0.15) is 36.0 Å². The predicted molar refractivity (Wildman–Crippen MR) is 78.5 cm³/mol. The lowest BCUT2D eigenvalue weighted by molar-refractivity contribution is 0.0761. The topological polar surface area (TPSA) is 20.3 Å². The summed E-state index contributed by atoms with van der Waals surface area (Å²) in [5, 5.41) is 0.659. The minimum Gasteiger partial charge on any atom is -0.339 e. The summed E-state index contributed by atoms with van der Waals surface area (Å²) in [6.07, 6.45) is 4.70. The SMILES string of the molecule is O=C(c1ccc(I)c(Cl)c1)N1CCCCCC1. The van der Waals surface area contributed by atoms with Crippen LogP contribution >= 0.6 is 34.2 Å². The number of nitrogens with zero attached hydrogens (tertiary/aromatic N) is 1. The van der Waals surface area contributed by atoms with Gasteiger partial charge in [-0.2, -0.15) is 0 Å². The van der Waals surface area contributed by atoms with Crippen molar-refractivity contribution in [3.63, 3.8) is 0 Å². The van der Waals surface area contributed by atoms with Crippen molar-refractivity contribution < 1.29 is 4.79 Å². The molecule has 1 aliphatic heterocycles. The minimum absolute atomic E-state index is 0.116. The Kier molecular flexibility index (Phi) is 4.68. The number of likely N-dealkylation sites (tertiary alicyclic amines) is 1. The second-order valence-electron chi connectivity index (χ2n) is 4.34. The summed E-state index contributed by atoms with van der Waals surface area (Å²) in [4.78, 5) is 14.2. The molecule has 2 rings (SSSR count). The van der Waals surface area contributed by atoms with Gasteiger partial charge < -0.3 is 4.90 Å². The van der Waals surface area contributed by atoms with E-state index in [9.17, 15) is 4.79 Å². The third-order valence-electron chi connectivity index (χ3n) is 3.06. The van der Waals surface area contributed by atoms with Crippen LogP contribution in [0, 0.1) is 3.57 Å².